The summed E-state index contributed by atoms with van der Waals surface area (Å²) in [6.45, 7) is 0. The van der Waals surface area contributed by atoms with Crippen LogP contribution in [-0.2, 0) is 11.2 Å². The fourth-order valence-corrected chi connectivity index (χ4v) is 2.66. The van der Waals surface area contributed by atoms with Gasteiger partial charge in [0, 0.05) is 24.6 Å². The van der Waals surface area contributed by atoms with E-state index in [0.717, 1.165) is 15.7 Å². The van der Waals surface area contributed by atoms with Crippen LogP contribution in [0.1, 0.15) is 11.4 Å². The Bertz CT molecular complexity index is 738. The number of amides is 1. The Morgan fingerprint density at radius 1 is 1.48 bits per heavy atom. The van der Waals surface area contributed by atoms with Gasteiger partial charge in [0.15, 0.2) is 0 Å². The summed E-state index contributed by atoms with van der Waals surface area (Å²) in [6, 6.07) is 7.26. The monoisotopic (exact) mass is 303 g/mol. The van der Waals surface area contributed by atoms with Crippen molar-refractivity contribution in [1.29, 1.82) is 0 Å². The first kappa shape index (κ1) is 13.5. The van der Waals surface area contributed by atoms with Crippen LogP contribution in [0.5, 0.6) is 5.75 Å². The van der Waals surface area contributed by atoms with E-state index in [1.807, 2.05) is 18.2 Å². The molecule has 8 heteroatoms. The zero-order chi connectivity index (χ0) is 14.7. The highest BCUT2D eigenvalue weighted by Crippen LogP contribution is 2.17. The number of ether oxygens (including phenoxy) is 1. The predicted molar refractivity (Wildman–Crippen MR) is 78.6 cm³/mol. The molecule has 0 fully saturated rings. The average Bonchev–Trinajstić information content (AvgIpc) is 3.06. The summed E-state index contributed by atoms with van der Waals surface area (Å²) in [7, 11) is 1.59. The Morgan fingerprint density at radius 2 is 2.38 bits per heavy atom. The summed E-state index contributed by atoms with van der Waals surface area (Å²) in [4.78, 5) is 12.7. The van der Waals surface area contributed by atoms with Gasteiger partial charge in [-0.25, -0.2) is 0 Å². The fraction of sp³-hybridized carbons (Fsp3) is 0.231. The number of aryl methyl sites for hydroxylation is 1. The molecule has 3 aromatic rings. The lowest BCUT2D eigenvalue weighted by Crippen LogP contribution is -2.12. The summed E-state index contributed by atoms with van der Waals surface area (Å²) in [6.07, 6.45) is 2.48. The lowest BCUT2D eigenvalue weighted by Gasteiger charge is -2.06. The lowest BCUT2D eigenvalue weighted by atomic mass is 10.2. The summed E-state index contributed by atoms with van der Waals surface area (Å²) in [5.41, 5.74) is 0.720. The van der Waals surface area contributed by atoms with Crippen molar-refractivity contribution in [3.05, 3.63) is 35.6 Å². The number of nitrogens with one attached hydrogen (secondary N) is 1. The van der Waals surface area contributed by atoms with Gasteiger partial charge in [0.2, 0.25) is 10.9 Å². The maximum atomic E-state index is 11.9. The van der Waals surface area contributed by atoms with Crippen LogP contribution < -0.4 is 10.1 Å². The van der Waals surface area contributed by atoms with Gasteiger partial charge >= 0.3 is 0 Å². The highest BCUT2D eigenvalue weighted by molar-refractivity contribution is 7.16. The number of carbonyl (C=O) groups excluding carboxylic acids is 1. The molecular formula is C13H13N5O2S. The summed E-state index contributed by atoms with van der Waals surface area (Å²) >= 11 is 1.44. The molecule has 0 saturated carbocycles. The fourth-order valence-electron chi connectivity index (χ4n) is 1.85. The Balaban J connectivity index is 1.57. The van der Waals surface area contributed by atoms with Gasteiger partial charge in [-0.15, -0.1) is 10.2 Å². The van der Waals surface area contributed by atoms with Crippen LogP contribution >= 0.6 is 11.3 Å². The topological polar surface area (TPSA) is 81.4 Å². The molecule has 0 spiro atoms. The summed E-state index contributed by atoms with van der Waals surface area (Å²) < 4.78 is 6.73. The molecule has 1 aromatic carbocycles. The van der Waals surface area contributed by atoms with E-state index < -0.39 is 0 Å². The van der Waals surface area contributed by atoms with Gasteiger partial charge in [-0.05, 0) is 12.1 Å². The molecule has 0 unspecified atom stereocenters. The number of methoxy groups -OCH3 is 1. The second kappa shape index (κ2) is 5.88. The van der Waals surface area contributed by atoms with Crippen LogP contribution in [0.2, 0.25) is 0 Å². The van der Waals surface area contributed by atoms with Gasteiger partial charge < -0.3 is 10.1 Å². The SMILES string of the molecule is COc1cccc(NC(=O)CCc2nn3cnnc3s2)c1. The molecule has 108 valence electrons. The number of rotatable bonds is 5. The zero-order valence-corrected chi connectivity index (χ0v) is 12.1. The molecule has 7 nitrogen and oxygen atoms in total. The first-order chi connectivity index (χ1) is 10.2. The quantitative estimate of drug-likeness (QED) is 0.777. The van der Waals surface area contributed by atoms with Crippen molar-refractivity contribution in [3.8, 4) is 5.75 Å². The molecule has 1 N–H and O–H groups in total. The van der Waals surface area contributed by atoms with Crippen LogP contribution in [-0.4, -0.2) is 32.8 Å². The van der Waals surface area contributed by atoms with E-state index in [1.165, 1.54) is 11.3 Å². The number of hydrogen-bond donors (Lipinski definition) is 1. The van der Waals surface area contributed by atoms with Crippen LogP contribution in [0.3, 0.4) is 0 Å². The van der Waals surface area contributed by atoms with Gasteiger partial charge in [0.1, 0.15) is 17.1 Å². The van der Waals surface area contributed by atoms with Gasteiger partial charge in [0.05, 0.1) is 7.11 Å². The van der Waals surface area contributed by atoms with Crippen molar-refractivity contribution in [2.75, 3.05) is 12.4 Å². The number of fused-ring (bicyclic) bond motifs is 1. The van der Waals surface area contributed by atoms with Crippen LogP contribution in [0.25, 0.3) is 4.96 Å². The molecule has 21 heavy (non-hydrogen) atoms. The molecule has 2 aromatic heterocycles. The average molecular weight is 303 g/mol. The van der Waals surface area contributed by atoms with Crippen molar-refractivity contribution >= 4 is 27.9 Å². The Hall–Kier alpha value is -2.48. The lowest BCUT2D eigenvalue weighted by molar-refractivity contribution is -0.116. The largest absolute Gasteiger partial charge is 0.497 e. The van der Waals surface area contributed by atoms with E-state index in [2.05, 4.69) is 20.6 Å². The number of benzene rings is 1. The van der Waals surface area contributed by atoms with E-state index in [-0.39, 0.29) is 5.91 Å². The first-order valence-corrected chi connectivity index (χ1v) is 7.16. The predicted octanol–water partition coefficient (Wildman–Crippen LogP) is 1.77. The maximum absolute atomic E-state index is 11.9. The van der Waals surface area contributed by atoms with Crippen molar-refractivity contribution in [1.82, 2.24) is 19.8 Å². The Labute approximate surface area is 124 Å². The minimum Gasteiger partial charge on any atom is -0.497 e. The van der Waals surface area contributed by atoms with E-state index in [1.54, 1.807) is 24.0 Å². The first-order valence-electron chi connectivity index (χ1n) is 6.34. The van der Waals surface area contributed by atoms with Crippen molar-refractivity contribution in [3.63, 3.8) is 0 Å². The molecule has 0 atom stereocenters. The number of nitrogens with zero attached hydrogens (tertiary/aromatic N) is 4. The zero-order valence-electron chi connectivity index (χ0n) is 11.3. The van der Waals surface area contributed by atoms with Crippen LogP contribution in [0.4, 0.5) is 5.69 Å². The number of anilines is 1. The van der Waals surface area contributed by atoms with E-state index in [9.17, 15) is 4.79 Å². The van der Waals surface area contributed by atoms with Crippen LogP contribution in [0.15, 0.2) is 30.6 Å². The van der Waals surface area contributed by atoms with E-state index in [0.29, 0.717) is 18.6 Å². The summed E-state index contributed by atoms with van der Waals surface area (Å²) in [5.74, 6) is 0.649. The van der Waals surface area contributed by atoms with Crippen molar-refractivity contribution < 1.29 is 9.53 Å². The maximum Gasteiger partial charge on any atom is 0.234 e. The highest BCUT2D eigenvalue weighted by atomic mass is 32.1. The van der Waals surface area contributed by atoms with Crippen molar-refractivity contribution in [2.45, 2.75) is 12.8 Å². The van der Waals surface area contributed by atoms with E-state index in [4.69, 9.17) is 4.74 Å². The summed E-state index contributed by atoms with van der Waals surface area (Å²) in [5, 5.41) is 15.6. The number of carbonyl (C=O) groups is 1. The standard InChI is InChI=1S/C13H13N5O2S/c1-20-10-4-2-3-9(7-10)15-11(19)5-6-12-17-18-8-14-16-13(18)21-12/h2-4,7-8H,5-6H2,1H3,(H,15,19). The minimum atomic E-state index is -0.0609. The molecule has 0 saturated heterocycles. The Kier molecular flexibility index (Phi) is 3.78. The third-order valence-corrected chi connectivity index (χ3v) is 3.82. The van der Waals surface area contributed by atoms with Crippen LogP contribution in [0, 0.1) is 0 Å². The van der Waals surface area contributed by atoms with Gasteiger partial charge in [0.25, 0.3) is 0 Å². The molecular weight excluding hydrogens is 290 g/mol. The third-order valence-electron chi connectivity index (χ3n) is 2.85. The highest BCUT2D eigenvalue weighted by Gasteiger charge is 2.08. The third kappa shape index (κ3) is 3.16. The van der Waals surface area contributed by atoms with Gasteiger partial charge in [-0.1, -0.05) is 17.4 Å². The molecule has 0 aliphatic rings. The number of hydrogen-bond acceptors (Lipinski definition) is 6. The number of aromatic nitrogens is 4. The minimum absolute atomic E-state index is 0.0609. The second-order valence-electron chi connectivity index (χ2n) is 4.33. The molecule has 3 rings (SSSR count). The molecule has 0 bridgehead atoms. The molecule has 2 heterocycles. The second-order valence-corrected chi connectivity index (χ2v) is 5.37. The van der Waals surface area contributed by atoms with Crippen molar-refractivity contribution in [2.24, 2.45) is 0 Å². The molecule has 0 radical (unpaired) electrons. The molecule has 0 aliphatic heterocycles. The Morgan fingerprint density at radius 3 is 3.19 bits per heavy atom. The molecule has 1 amide bonds. The molecule has 0 aliphatic carbocycles. The normalized spacial score (nSPS) is 10.7. The van der Waals surface area contributed by atoms with Gasteiger partial charge in [-0.2, -0.15) is 9.61 Å². The van der Waals surface area contributed by atoms with E-state index >= 15 is 0 Å². The van der Waals surface area contributed by atoms with Gasteiger partial charge in [-0.3, -0.25) is 4.79 Å². The smallest absolute Gasteiger partial charge is 0.234 e.